The molecule has 2 nitrogen and oxygen atoms in total. The molecular formula is C13H26O2. The maximum absolute atomic E-state index is 5.39. The summed E-state index contributed by atoms with van der Waals surface area (Å²) in [6.45, 7) is 12.1. The van der Waals surface area contributed by atoms with Crippen molar-refractivity contribution in [1.82, 2.24) is 0 Å². The number of unbranched alkanes of at least 4 members (excludes halogenated alkanes) is 2. The molecule has 0 aliphatic rings. The Labute approximate surface area is 94.6 Å². The third-order valence-electron chi connectivity index (χ3n) is 1.75. The number of hydrogen-bond donors (Lipinski definition) is 0. The topological polar surface area (TPSA) is 18.5 Å². The Morgan fingerprint density at radius 2 is 1.60 bits per heavy atom. The lowest BCUT2D eigenvalue weighted by Gasteiger charge is -2.26. The van der Waals surface area contributed by atoms with Crippen LogP contribution in [0.3, 0.4) is 0 Å². The van der Waals surface area contributed by atoms with Crippen molar-refractivity contribution >= 4 is 0 Å². The Bertz CT molecular complexity index is 187. The molecule has 0 radical (unpaired) electrons. The van der Waals surface area contributed by atoms with Crippen LogP contribution in [-0.4, -0.2) is 11.2 Å². The van der Waals surface area contributed by atoms with Gasteiger partial charge in [-0.25, -0.2) is 9.78 Å². The highest BCUT2D eigenvalue weighted by Gasteiger charge is 2.20. The van der Waals surface area contributed by atoms with Gasteiger partial charge in [0.05, 0.1) is 5.60 Å². The number of rotatable bonds is 6. The molecule has 2 heteroatoms. The van der Waals surface area contributed by atoms with Crippen LogP contribution in [0.25, 0.3) is 0 Å². The lowest BCUT2D eigenvalue weighted by molar-refractivity contribution is -0.386. The summed E-state index contributed by atoms with van der Waals surface area (Å²) in [5.41, 5.74) is -0.602. The van der Waals surface area contributed by atoms with Crippen LogP contribution in [0.4, 0.5) is 0 Å². The molecule has 0 amide bonds. The van der Waals surface area contributed by atoms with Gasteiger partial charge in [0.15, 0.2) is 0 Å². The standard InChI is InChI=1S/C13H26O2/c1-7-8-9-10-11-13(5,6)15-14-12(2,3)4/h10-11H,7-9H2,1-6H3. The summed E-state index contributed by atoms with van der Waals surface area (Å²) in [4.78, 5) is 10.7. The van der Waals surface area contributed by atoms with Gasteiger partial charge in [-0.2, -0.15) is 0 Å². The Kier molecular flexibility index (Phi) is 6.15. The van der Waals surface area contributed by atoms with Crippen LogP contribution in [0.15, 0.2) is 12.2 Å². The van der Waals surface area contributed by atoms with Crippen molar-refractivity contribution in [2.75, 3.05) is 0 Å². The third-order valence-corrected chi connectivity index (χ3v) is 1.75. The van der Waals surface area contributed by atoms with Gasteiger partial charge < -0.3 is 0 Å². The van der Waals surface area contributed by atoms with Gasteiger partial charge in [0.25, 0.3) is 0 Å². The summed E-state index contributed by atoms with van der Waals surface area (Å²) in [7, 11) is 0. The first-order valence-electron chi connectivity index (χ1n) is 5.81. The second-order valence-corrected chi connectivity index (χ2v) is 5.43. The Morgan fingerprint density at radius 1 is 1.00 bits per heavy atom. The maximum atomic E-state index is 5.39. The molecule has 0 rings (SSSR count). The first kappa shape index (κ1) is 14.7. The SMILES string of the molecule is CCCCC=CC(C)(C)OOC(C)(C)C. The van der Waals surface area contributed by atoms with Crippen LogP contribution in [0, 0.1) is 0 Å². The zero-order valence-corrected chi connectivity index (χ0v) is 11.1. The van der Waals surface area contributed by atoms with E-state index >= 15 is 0 Å². The minimum absolute atomic E-state index is 0.255. The highest BCUT2D eigenvalue weighted by molar-refractivity contribution is 4.95. The van der Waals surface area contributed by atoms with E-state index in [4.69, 9.17) is 9.78 Å². The molecule has 0 bridgehead atoms. The van der Waals surface area contributed by atoms with Crippen molar-refractivity contribution in [3.63, 3.8) is 0 Å². The zero-order valence-electron chi connectivity index (χ0n) is 11.1. The molecule has 0 N–H and O–H groups in total. The summed E-state index contributed by atoms with van der Waals surface area (Å²) in [6, 6.07) is 0. The van der Waals surface area contributed by atoms with E-state index in [1.165, 1.54) is 12.8 Å². The van der Waals surface area contributed by atoms with E-state index in [1.54, 1.807) is 0 Å². The first-order valence-corrected chi connectivity index (χ1v) is 5.81. The third kappa shape index (κ3) is 9.95. The highest BCUT2D eigenvalue weighted by Crippen LogP contribution is 2.17. The van der Waals surface area contributed by atoms with Crippen LogP contribution in [0.5, 0.6) is 0 Å². The Hall–Kier alpha value is -0.340. The molecule has 0 aliphatic carbocycles. The molecule has 0 spiro atoms. The molecule has 90 valence electrons. The van der Waals surface area contributed by atoms with Crippen molar-refractivity contribution in [2.24, 2.45) is 0 Å². The van der Waals surface area contributed by atoms with E-state index in [0.717, 1.165) is 6.42 Å². The summed E-state index contributed by atoms with van der Waals surface area (Å²) in [5, 5.41) is 0. The fourth-order valence-electron chi connectivity index (χ4n) is 0.949. The molecule has 0 saturated carbocycles. The predicted octanol–water partition coefficient (Wildman–Crippen LogP) is 4.26. The maximum Gasteiger partial charge on any atom is 0.116 e. The van der Waals surface area contributed by atoms with Gasteiger partial charge in [-0.1, -0.05) is 31.9 Å². The van der Waals surface area contributed by atoms with Gasteiger partial charge in [0.2, 0.25) is 0 Å². The minimum Gasteiger partial charge on any atom is -0.230 e. The van der Waals surface area contributed by atoms with Crippen LogP contribution in [-0.2, 0) is 9.78 Å². The molecule has 0 aliphatic heterocycles. The lowest BCUT2D eigenvalue weighted by atomic mass is 10.1. The van der Waals surface area contributed by atoms with Crippen molar-refractivity contribution in [1.29, 1.82) is 0 Å². The van der Waals surface area contributed by atoms with Crippen LogP contribution in [0.1, 0.15) is 60.8 Å². The van der Waals surface area contributed by atoms with Crippen molar-refractivity contribution < 1.29 is 9.78 Å². The summed E-state index contributed by atoms with van der Waals surface area (Å²) < 4.78 is 0. The van der Waals surface area contributed by atoms with E-state index in [9.17, 15) is 0 Å². The monoisotopic (exact) mass is 214 g/mol. The van der Waals surface area contributed by atoms with Gasteiger partial charge in [0, 0.05) is 0 Å². The molecule has 0 aromatic rings. The van der Waals surface area contributed by atoms with Gasteiger partial charge >= 0.3 is 0 Å². The first-order chi connectivity index (χ1) is 6.77. The van der Waals surface area contributed by atoms with E-state index < -0.39 is 0 Å². The van der Waals surface area contributed by atoms with E-state index in [-0.39, 0.29) is 11.2 Å². The zero-order chi connectivity index (χ0) is 11.9. The van der Waals surface area contributed by atoms with Crippen molar-refractivity contribution in [3.8, 4) is 0 Å². The Balaban J connectivity index is 3.90. The summed E-state index contributed by atoms with van der Waals surface area (Å²) in [5.74, 6) is 0. The van der Waals surface area contributed by atoms with Gasteiger partial charge in [-0.15, -0.1) is 0 Å². The molecule has 0 atom stereocenters. The van der Waals surface area contributed by atoms with E-state index in [0.29, 0.717) is 0 Å². The molecule has 0 unspecified atom stereocenters. The fourth-order valence-corrected chi connectivity index (χ4v) is 0.949. The second-order valence-electron chi connectivity index (χ2n) is 5.43. The smallest absolute Gasteiger partial charge is 0.116 e. The normalized spacial score (nSPS) is 13.7. The van der Waals surface area contributed by atoms with Crippen LogP contribution < -0.4 is 0 Å². The number of allylic oxidation sites excluding steroid dienone is 1. The van der Waals surface area contributed by atoms with Crippen LogP contribution in [0.2, 0.25) is 0 Å². The molecule has 0 aromatic carbocycles. The fraction of sp³-hybridized carbons (Fsp3) is 0.846. The molecule has 0 heterocycles. The molecule has 0 aromatic heterocycles. The second kappa shape index (κ2) is 6.29. The molecular weight excluding hydrogens is 188 g/mol. The molecule has 0 fully saturated rings. The van der Waals surface area contributed by atoms with Crippen molar-refractivity contribution in [3.05, 3.63) is 12.2 Å². The minimum atomic E-state index is -0.346. The highest BCUT2D eigenvalue weighted by atomic mass is 17.2. The van der Waals surface area contributed by atoms with Crippen molar-refractivity contribution in [2.45, 2.75) is 72.0 Å². The average Bonchev–Trinajstić information content (AvgIpc) is 2.09. The van der Waals surface area contributed by atoms with Gasteiger partial charge in [-0.05, 0) is 41.0 Å². The average molecular weight is 214 g/mol. The summed E-state index contributed by atoms with van der Waals surface area (Å²) >= 11 is 0. The Morgan fingerprint density at radius 3 is 2.07 bits per heavy atom. The molecule has 0 saturated heterocycles. The largest absolute Gasteiger partial charge is 0.230 e. The predicted molar refractivity (Wildman–Crippen MR) is 64.7 cm³/mol. The van der Waals surface area contributed by atoms with Gasteiger partial charge in [-0.3, -0.25) is 0 Å². The van der Waals surface area contributed by atoms with Gasteiger partial charge in [0.1, 0.15) is 5.60 Å². The quantitative estimate of drug-likeness (QED) is 0.285. The van der Waals surface area contributed by atoms with Crippen LogP contribution >= 0.6 is 0 Å². The van der Waals surface area contributed by atoms with E-state index in [2.05, 4.69) is 19.1 Å². The molecule has 15 heavy (non-hydrogen) atoms. The number of hydrogen-bond acceptors (Lipinski definition) is 2. The lowest BCUT2D eigenvalue weighted by Crippen LogP contribution is -2.28. The van der Waals surface area contributed by atoms with E-state index in [1.807, 2.05) is 34.6 Å². The summed E-state index contributed by atoms with van der Waals surface area (Å²) in [6.07, 6.45) is 7.79.